The normalized spacial score (nSPS) is 12.9. The second-order valence-electron chi connectivity index (χ2n) is 4.71. The average molecular weight is 325 g/mol. The number of rotatable bonds is 4. The van der Waals surface area contributed by atoms with Crippen molar-refractivity contribution in [3.05, 3.63) is 56.3 Å². The van der Waals surface area contributed by atoms with Gasteiger partial charge in [-0.2, -0.15) is 0 Å². The molecule has 0 aliphatic rings. The minimum Gasteiger partial charge on any atom is -0.356 e. The molecule has 2 N–H and O–H groups in total. The van der Waals surface area contributed by atoms with E-state index in [1.165, 1.54) is 4.88 Å². The van der Waals surface area contributed by atoms with Gasteiger partial charge in [-0.05, 0) is 25.1 Å². The molecule has 0 aliphatic carbocycles. The summed E-state index contributed by atoms with van der Waals surface area (Å²) >= 11 is 14.0. The van der Waals surface area contributed by atoms with Crippen LogP contribution in [0.15, 0.2) is 36.4 Å². The lowest BCUT2D eigenvalue weighted by molar-refractivity contribution is 0.577. The number of fused-ring (bicyclic) bond motifs is 1. The number of hydrogen-bond donors (Lipinski definition) is 2. The van der Waals surface area contributed by atoms with Crippen molar-refractivity contribution >= 4 is 45.4 Å². The molecule has 3 rings (SSSR count). The van der Waals surface area contributed by atoms with Crippen LogP contribution in [0.5, 0.6) is 0 Å². The highest BCUT2D eigenvalue weighted by molar-refractivity contribution is 7.16. The van der Waals surface area contributed by atoms with E-state index in [4.69, 9.17) is 23.2 Å². The Hall–Kier alpha value is -1.000. The van der Waals surface area contributed by atoms with Crippen molar-refractivity contribution in [2.24, 2.45) is 0 Å². The van der Waals surface area contributed by atoms with E-state index in [0.29, 0.717) is 6.54 Å². The summed E-state index contributed by atoms with van der Waals surface area (Å²) in [5.74, 6) is 0. The monoisotopic (exact) mass is 324 g/mol. The number of aromatic nitrogens is 1. The molecular weight excluding hydrogens is 311 g/mol. The first kappa shape index (κ1) is 14.0. The van der Waals surface area contributed by atoms with Gasteiger partial charge in [0, 0.05) is 34.1 Å². The predicted octanol–water partition coefficient (Wildman–Crippen LogP) is 5.39. The third kappa shape index (κ3) is 2.72. The Bertz CT molecular complexity index is 732. The van der Waals surface area contributed by atoms with Crippen LogP contribution in [-0.4, -0.2) is 4.98 Å². The Morgan fingerprint density at radius 1 is 1.20 bits per heavy atom. The largest absolute Gasteiger partial charge is 0.356 e. The number of benzene rings is 1. The van der Waals surface area contributed by atoms with Crippen molar-refractivity contribution < 1.29 is 0 Å². The van der Waals surface area contributed by atoms with Crippen LogP contribution < -0.4 is 5.32 Å². The molecule has 0 bridgehead atoms. The zero-order chi connectivity index (χ0) is 14.1. The summed E-state index contributed by atoms with van der Waals surface area (Å²) in [5.41, 5.74) is 2.09. The van der Waals surface area contributed by atoms with Crippen molar-refractivity contribution in [1.82, 2.24) is 10.3 Å². The Morgan fingerprint density at radius 3 is 2.70 bits per heavy atom. The summed E-state index contributed by atoms with van der Waals surface area (Å²) in [6.07, 6.45) is 0. The highest BCUT2D eigenvalue weighted by Gasteiger charge is 2.12. The third-order valence-corrected chi connectivity index (χ3v) is 5.17. The Labute approximate surface area is 131 Å². The van der Waals surface area contributed by atoms with Gasteiger partial charge < -0.3 is 10.3 Å². The van der Waals surface area contributed by atoms with Crippen molar-refractivity contribution in [3.8, 4) is 0 Å². The van der Waals surface area contributed by atoms with Gasteiger partial charge in [-0.3, -0.25) is 0 Å². The fourth-order valence-electron chi connectivity index (χ4n) is 2.20. The van der Waals surface area contributed by atoms with Gasteiger partial charge in [0.1, 0.15) is 0 Å². The van der Waals surface area contributed by atoms with Gasteiger partial charge in [-0.1, -0.05) is 41.4 Å². The minimum atomic E-state index is 0.245. The maximum absolute atomic E-state index is 6.40. The molecule has 0 fully saturated rings. The Morgan fingerprint density at radius 2 is 2.00 bits per heavy atom. The number of halogens is 2. The molecule has 2 heterocycles. The molecule has 0 radical (unpaired) electrons. The lowest BCUT2D eigenvalue weighted by Gasteiger charge is -2.11. The lowest BCUT2D eigenvalue weighted by atomic mass is 10.2. The fourth-order valence-corrected chi connectivity index (χ4v) is 3.57. The lowest BCUT2D eigenvalue weighted by Crippen LogP contribution is -2.17. The molecule has 0 aliphatic heterocycles. The fraction of sp³-hybridized carbons (Fsp3) is 0.200. The predicted molar refractivity (Wildman–Crippen MR) is 87.9 cm³/mol. The smallest absolute Gasteiger partial charge is 0.0931 e. The molecule has 1 atom stereocenters. The van der Waals surface area contributed by atoms with E-state index in [1.54, 1.807) is 11.3 Å². The highest BCUT2D eigenvalue weighted by atomic mass is 35.5. The summed E-state index contributed by atoms with van der Waals surface area (Å²) in [7, 11) is 0. The van der Waals surface area contributed by atoms with E-state index in [2.05, 4.69) is 23.3 Å². The van der Waals surface area contributed by atoms with E-state index in [0.717, 1.165) is 26.0 Å². The minimum absolute atomic E-state index is 0.245. The molecule has 1 unspecified atom stereocenters. The van der Waals surface area contributed by atoms with Crippen molar-refractivity contribution in [2.75, 3.05) is 0 Å². The first-order valence-corrected chi connectivity index (χ1v) is 7.96. The first-order valence-electron chi connectivity index (χ1n) is 6.39. The number of H-pyrrole nitrogens is 1. The van der Waals surface area contributed by atoms with Gasteiger partial charge >= 0.3 is 0 Å². The van der Waals surface area contributed by atoms with E-state index < -0.39 is 0 Å². The molecule has 104 valence electrons. The summed E-state index contributed by atoms with van der Waals surface area (Å²) in [5, 5.41) is 5.33. The molecule has 5 heteroatoms. The van der Waals surface area contributed by atoms with Crippen LogP contribution >= 0.6 is 34.5 Å². The quantitative estimate of drug-likeness (QED) is 0.661. The molecule has 2 nitrogen and oxygen atoms in total. The second kappa shape index (κ2) is 5.78. The van der Waals surface area contributed by atoms with Crippen molar-refractivity contribution in [1.29, 1.82) is 0 Å². The van der Waals surface area contributed by atoms with Crippen molar-refractivity contribution in [2.45, 2.75) is 19.5 Å². The SMILES string of the molecule is CC(NCc1[nH]c2ccccc2c1Cl)c1ccc(Cl)s1. The molecule has 20 heavy (non-hydrogen) atoms. The zero-order valence-corrected chi connectivity index (χ0v) is 13.2. The van der Waals surface area contributed by atoms with Gasteiger partial charge in [0.15, 0.2) is 0 Å². The van der Waals surface area contributed by atoms with Gasteiger partial charge in [-0.25, -0.2) is 0 Å². The number of hydrogen-bond acceptors (Lipinski definition) is 2. The van der Waals surface area contributed by atoms with E-state index >= 15 is 0 Å². The summed E-state index contributed by atoms with van der Waals surface area (Å²) < 4.78 is 0.817. The summed E-state index contributed by atoms with van der Waals surface area (Å²) in [6, 6.07) is 12.3. The van der Waals surface area contributed by atoms with Crippen LogP contribution in [-0.2, 0) is 6.54 Å². The standard InChI is InChI=1S/C15H14Cl2N2S/c1-9(13-6-7-14(16)20-13)18-8-12-15(17)10-4-2-3-5-11(10)19-12/h2-7,9,18-19H,8H2,1H3. The molecule has 3 aromatic rings. The topological polar surface area (TPSA) is 27.8 Å². The van der Waals surface area contributed by atoms with E-state index in [1.807, 2.05) is 30.3 Å². The maximum atomic E-state index is 6.40. The van der Waals surface area contributed by atoms with E-state index in [-0.39, 0.29) is 6.04 Å². The number of aromatic amines is 1. The van der Waals surface area contributed by atoms with Gasteiger partial charge in [0.05, 0.1) is 9.36 Å². The molecule has 2 aromatic heterocycles. The van der Waals surface area contributed by atoms with E-state index in [9.17, 15) is 0 Å². The zero-order valence-electron chi connectivity index (χ0n) is 10.9. The molecule has 0 spiro atoms. The molecular formula is C15H14Cl2N2S. The Kier molecular flexibility index (Phi) is 4.03. The number of nitrogens with one attached hydrogen (secondary N) is 2. The molecule has 0 amide bonds. The summed E-state index contributed by atoms with van der Waals surface area (Å²) in [4.78, 5) is 4.58. The summed E-state index contributed by atoms with van der Waals surface area (Å²) in [6.45, 7) is 2.82. The van der Waals surface area contributed by atoms with Crippen LogP contribution in [0.4, 0.5) is 0 Å². The molecule has 0 saturated heterocycles. The van der Waals surface area contributed by atoms with Crippen molar-refractivity contribution in [3.63, 3.8) is 0 Å². The van der Waals surface area contributed by atoms with Crippen LogP contribution in [0.1, 0.15) is 23.5 Å². The highest BCUT2D eigenvalue weighted by Crippen LogP contribution is 2.29. The third-order valence-electron chi connectivity index (χ3n) is 3.32. The van der Waals surface area contributed by atoms with Gasteiger partial charge in [0.2, 0.25) is 0 Å². The number of thiophene rings is 1. The maximum Gasteiger partial charge on any atom is 0.0931 e. The van der Waals surface area contributed by atoms with Crippen LogP contribution in [0.25, 0.3) is 10.9 Å². The van der Waals surface area contributed by atoms with Gasteiger partial charge in [-0.15, -0.1) is 11.3 Å². The molecule has 0 saturated carbocycles. The number of para-hydroxylation sites is 1. The Balaban J connectivity index is 1.75. The van der Waals surface area contributed by atoms with Crippen LogP contribution in [0, 0.1) is 0 Å². The van der Waals surface area contributed by atoms with Crippen LogP contribution in [0.3, 0.4) is 0 Å². The second-order valence-corrected chi connectivity index (χ2v) is 6.83. The first-order chi connectivity index (χ1) is 9.65. The molecule has 1 aromatic carbocycles. The van der Waals surface area contributed by atoms with Crippen LogP contribution in [0.2, 0.25) is 9.36 Å². The average Bonchev–Trinajstić information content (AvgIpc) is 3.01. The van der Waals surface area contributed by atoms with Gasteiger partial charge in [0.25, 0.3) is 0 Å².